The summed E-state index contributed by atoms with van der Waals surface area (Å²) in [6.45, 7) is 10.4. The number of aryl methyl sites for hydroxylation is 1. The van der Waals surface area contributed by atoms with Crippen LogP contribution in [0.2, 0.25) is 0 Å². The van der Waals surface area contributed by atoms with Gasteiger partial charge in [-0.05, 0) is 30.4 Å². The molecule has 1 heterocycles. The summed E-state index contributed by atoms with van der Waals surface area (Å²) in [4.78, 5) is 26.4. The van der Waals surface area contributed by atoms with E-state index < -0.39 is 23.3 Å². The number of benzene rings is 1. The standard InChI is InChI=1S/C19H28N2O3/c1-12(2)16(22)19(4,5)11-20-17(23)18(24)21-10-9-14-8-6-7-13(3)15(14)21/h6-8,12,16,22H,9-11H2,1-5H3,(H,20,23). The quantitative estimate of drug-likeness (QED) is 0.829. The van der Waals surface area contributed by atoms with Crippen molar-refractivity contribution >= 4 is 17.5 Å². The Labute approximate surface area is 144 Å². The second-order valence-electron chi connectivity index (χ2n) is 7.65. The van der Waals surface area contributed by atoms with Gasteiger partial charge in [0.25, 0.3) is 0 Å². The molecule has 24 heavy (non-hydrogen) atoms. The van der Waals surface area contributed by atoms with Crippen LogP contribution in [0.3, 0.4) is 0 Å². The number of rotatable bonds is 4. The molecule has 0 fully saturated rings. The van der Waals surface area contributed by atoms with Crippen molar-refractivity contribution in [1.29, 1.82) is 0 Å². The lowest BCUT2D eigenvalue weighted by Crippen LogP contribution is -2.48. The van der Waals surface area contributed by atoms with Gasteiger partial charge in [-0.15, -0.1) is 0 Å². The summed E-state index contributed by atoms with van der Waals surface area (Å²) in [6.07, 6.45) is 0.218. The smallest absolute Gasteiger partial charge is 0.316 e. The molecule has 0 radical (unpaired) electrons. The van der Waals surface area contributed by atoms with Gasteiger partial charge in [-0.1, -0.05) is 45.9 Å². The number of carbonyl (C=O) groups is 2. The van der Waals surface area contributed by atoms with Gasteiger partial charge in [-0.25, -0.2) is 0 Å². The van der Waals surface area contributed by atoms with Crippen LogP contribution in [-0.2, 0) is 16.0 Å². The minimum Gasteiger partial charge on any atom is -0.392 e. The van der Waals surface area contributed by atoms with Crippen LogP contribution in [0.4, 0.5) is 5.69 Å². The average molecular weight is 332 g/mol. The monoisotopic (exact) mass is 332 g/mol. The normalized spacial score (nSPS) is 15.4. The van der Waals surface area contributed by atoms with Gasteiger partial charge in [-0.3, -0.25) is 9.59 Å². The zero-order valence-corrected chi connectivity index (χ0v) is 15.2. The van der Waals surface area contributed by atoms with Gasteiger partial charge in [-0.2, -0.15) is 0 Å². The van der Waals surface area contributed by atoms with Gasteiger partial charge in [0.05, 0.1) is 11.8 Å². The van der Waals surface area contributed by atoms with Crippen LogP contribution in [0.25, 0.3) is 0 Å². The first-order valence-corrected chi connectivity index (χ1v) is 8.51. The Kier molecular flexibility index (Phi) is 5.33. The number of hydrogen-bond donors (Lipinski definition) is 2. The fourth-order valence-corrected chi connectivity index (χ4v) is 3.37. The van der Waals surface area contributed by atoms with E-state index in [0.29, 0.717) is 6.54 Å². The highest BCUT2D eigenvalue weighted by molar-refractivity contribution is 6.40. The van der Waals surface area contributed by atoms with Gasteiger partial charge in [0.1, 0.15) is 0 Å². The summed E-state index contributed by atoms with van der Waals surface area (Å²) in [5.41, 5.74) is 2.47. The van der Waals surface area contributed by atoms with Crippen LogP contribution in [0.5, 0.6) is 0 Å². The first kappa shape index (κ1) is 18.5. The number of carbonyl (C=O) groups excluding carboxylic acids is 2. The zero-order valence-electron chi connectivity index (χ0n) is 15.2. The predicted molar refractivity (Wildman–Crippen MR) is 94.9 cm³/mol. The first-order chi connectivity index (χ1) is 11.1. The number of hydrogen-bond acceptors (Lipinski definition) is 3. The van der Waals surface area contributed by atoms with Crippen molar-refractivity contribution in [2.24, 2.45) is 11.3 Å². The molecule has 132 valence electrons. The Bertz CT molecular complexity index is 637. The van der Waals surface area contributed by atoms with Crippen LogP contribution in [0, 0.1) is 18.3 Å². The minimum atomic E-state index is -0.616. The number of nitrogens with one attached hydrogen (secondary N) is 1. The summed E-state index contributed by atoms with van der Waals surface area (Å²) in [7, 11) is 0. The molecule has 5 nitrogen and oxygen atoms in total. The fourth-order valence-electron chi connectivity index (χ4n) is 3.37. The van der Waals surface area contributed by atoms with Gasteiger partial charge in [0.2, 0.25) is 0 Å². The molecule has 0 saturated heterocycles. The number of amides is 2. The third-order valence-electron chi connectivity index (χ3n) is 4.77. The molecular formula is C19H28N2O3. The molecule has 1 unspecified atom stereocenters. The predicted octanol–water partition coefficient (Wildman–Crippen LogP) is 2.04. The summed E-state index contributed by atoms with van der Waals surface area (Å²) in [6, 6.07) is 5.91. The first-order valence-electron chi connectivity index (χ1n) is 8.51. The van der Waals surface area contributed by atoms with E-state index in [4.69, 9.17) is 0 Å². The number of nitrogens with zero attached hydrogens (tertiary/aromatic N) is 1. The molecular weight excluding hydrogens is 304 g/mol. The minimum absolute atomic E-state index is 0.0840. The van der Waals surface area contributed by atoms with E-state index in [0.717, 1.165) is 23.2 Å². The second kappa shape index (κ2) is 6.93. The van der Waals surface area contributed by atoms with E-state index >= 15 is 0 Å². The van der Waals surface area contributed by atoms with Crippen LogP contribution >= 0.6 is 0 Å². The van der Waals surface area contributed by atoms with Gasteiger partial charge >= 0.3 is 11.8 Å². The molecule has 0 aromatic heterocycles. The topological polar surface area (TPSA) is 69.6 Å². The fraction of sp³-hybridized carbons (Fsp3) is 0.579. The Morgan fingerprint density at radius 3 is 2.62 bits per heavy atom. The van der Waals surface area contributed by atoms with Crippen molar-refractivity contribution in [3.05, 3.63) is 29.3 Å². The van der Waals surface area contributed by atoms with Gasteiger partial charge in [0, 0.05) is 18.5 Å². The molecule has 2 rings (SSSR count). The van der Waals surface area contributed by atoms with Crippen molar-refractivity contribution in [2.45, 2.75) is 47.1 Å². The number of para-hydroxylation sites is 1. The molecule has 1 atom stereocenters. The third-order valence-corrected chi connectivity index (χ3v) is 4.77. The molecule has 1 aliphatic heterocycles. The maximum absolute atomic E-state index is 12.5. The number of aliphatic hydroxyl groups excluding tert-OH is 1. The van der Waals surface area contributed by atoms with E-state index in [1.165, 1.54) is 0 Å². The summed E-state index contributed by atoms with van der Waals surface area (Å²) >= 11 is 0. The third kappa shape index (κ3) is 3.61. The molecule has 1 aromatic carbocycles. The zero-order chi connectivity index (χ0) is 18.1. The Hall–Kier alpha value is -1.88. The maximum Gasteiger partial charge on any atom is 0.316 e. The Balaban J connectivity index is 2.04. The average Bonchev–Trinajstić information content (AvgIpc) is 2.96. The SMILES string of the molecule is Cc1cccc2c1N(C(=O)C(=O)NCC(C)(C)C(O)C(C)C)CC2. The highest BCUT2D eigenvalue weighted by Gasteiger charge is 2.34. The summed E-state index contributed by atoms with van der Waals surface area (Å²) < 4.78 is 0. The second-order valence-corrected chi connectivity index (χ2v) is 7.65. The molecule has 0 saturated carbocycles. The van der Waals surface area contributed by atoms with E-state index in [9.17, 15) is 14.7 Å². The molecule has 1 aromatic rings. The summed E-state index contributed by atoms with van der Waals surface area (Å²) in [5.74, 6) is -1.06. The van der Waals surface area contributed by atoms with Gasteiger partial charge in [0.15, 0.2) is 0 Å². The molecule has 0 aliphatic carbocycles. The number of fused-ring (bicyclic) bond motifs is 1. The van der Waals surface area contributed by atoms with Crippen LogP contribution in [-0.4, -0.2) is 36.1 Å². The summed E-state index contributed by atoms with van der Waals surface area (Å²) in [5, 5.41) is 12.9. The van der Waals surface area contributed by atoms with Crippen molar-refractivity contribution < 1.29 is 14.7 Å². The van der Waals surface area contributed by atoms with Crippen LogP contribution < -0.4 is 10.2 Å². The Morgan fingerprint density at radius 1 is 1.33 bits per heavy atom. The van der Waals surface area contributed by atoms with Crippen molar-refractivity contribution in [3.63, 3.8) is 0 Å². The van der Waals surface area contributed by atoms with Crippen molar-refractivity contribution in [1.82, 2.24) is 5.32 Å². The van der Waals surface area contributed by atoms with E-state index in [2.05, 4.69) is 5.32 Å². The van der Waals surface area contributed by atoms with Crippen LogP contribution in [0.15, 0.2) is 18.2 Å². The van der Waals surface area contributed by atoms with Crippen LogP contribution in [0.1, 0.15) is 38.8 Å². The van der Waals surface area contributed by atoms with E-state index in [-0.39, 0.29) is 12.5 Å². The lowest BCUT2D eigenvalue weighted by Gasteiger charge is -2.33. The molecule has 1 aliphatic rings. The molecule has 0 spiro atoms. The Morgan fingerprint density at radius 2 is 2.00 bits per heavy atom. The molecule has 0 bridgehead atoms. The highest BCUT2D eigenvalue weighted by atomic mass is 16.3. The molecule has 2 amide bonds. The van der Waals surface area contributed by atoms with E-state index in [1.54, 1.807) is 4.90 Å². The maximum atomic E-state index is 12.5. The van der Waals surface area contributed by atoms with Crippen molar-refractivity contribution in [2.75, 3.05) is 18.0 Å². The molecule has 2 N–H and O–H groups in total. The van der Waals surface area contributed by atoms with Gasteiger partial charge < -0.3 is 15.3 Å². The van der Waals surface area contributed by atoms with E-state index in [1.807, 2.05) is 52.8 Å². The molecule has 5 heteroatoms. The lowest BCUT2D eigenvalue weighted by molar-refractivity contribution is -0.138. The number of anilines is 1. The largest absolute Gasteiger partial charge is 0.392 e. The van der Waals surface area contributed by atoms with Crippen molar-refractivity contribution in [3.8, 4) is 0 Å². The number of aliphatic hydroxyl groups is 1. The highest BCUT2D eigenvalue weighted by Crippen LogP contribution is 2.31. The lowest BCUT2D eigenvalue weighted by atomic mass is 9.81.